The van der Waals surface area contributed by atoms with Crippen LogP contribution in [-0.4, -0.2) is 130 Å². The number of amidine groups is 1. The summed E-state index contributed by atoms with van der Waals surface area (Å²) in [5, 5.41) is 12.3. The van der Waals surface area contributed by atoms with Gasteiger partial charge in [-0.05, 0) is 124 Å². The minimum atomic E-state index is -0.237. The zero-order chi connectivity index (χ0) is 53.3. The lowest BCUT2D eigenvalue weighted by Crippen LogP contribution is -2.56. The number of amides is 2. The maximum atomic E-state index is 13.6. The van der Waals surface area contributed by atoms with E-state index in [-0.39, 0.29) is 54.5 Å². The van der Waals surface area contributed by atoms with Gasteiger partial charge in [0.1, 0.15) is 34.7 Å². The number of nitrogens with zero attached hydrogens (tertiary/aromatic N) is 8. The Morgan fingerprint density at radius 1 is 0.605 bits per heavy atom. The molecule has 394 valence electrons. The summed E-state index contributed by atoms with van der Waals surface area (Å²) in [5.41, 5.74) is 3.96. The Labute approximate surface area is 453 Å². The lowest BCUT2D eigenvalue weighted by atomic mass is 10.1. The van der Waals surface area contributed by atoms with Crippen LogP contribution >= 0.6 is 23.2 Å². The third-order valence-electron chi connectivity index (χ3n) is 13.8. The van der Waals surface area contributed by atoms with Gasteiger partial charge in [0.15, 0.2) is 13.2 Å². The summed E-state index contributed by atoms with van der Waals surface area (Å²) in [7, 11) is 0. The van der Waals surface area contributed by atoms with Gasteiger partial charge < -0.3 is 34.0 Å². The van der Waals surface area contributed by atoms with Gasteiger partial charge in [0.25, 0.3) is 17.4 Å². The normalized spacial score (nSPS) is 15.8. The van der Waals surface area contributed by atoms with Gasteiger partial charge in [0.2, 0.25) is 0 Å². The van der Waals surface area contributed by atoms with Crippen LogP contribution in [0.25, 0.3) is 16.6 Å². The highest BCUT2D eigenvalue weighted by molar-refractivity contribution is 6.30. The lowest BCUT2D eigenvalue weighted by molar-refractivity contribution is -0.136. The van der Waals surface area contributed by atoms with E-state index < -0.39 is 0 Å². The van der Waals surface area contributed by atoms with Crippen molar-refractivity contribution in [3.63, 3.8) is 0 Å². The Balaban J connectivity index is 0.000000186. The summed E-state index contributed by atoms with van der Waals surface area (Å²) in [4.78, 5) is 59.6. The number of ether oxygens (including phenoxy) is 3. The number of phenolic OH excluding ortho intramolecular Hbond substituents is 1. The number of aromatic nitrogens is 2. The molecule has 3 aliphatic heterocycles. The van der Waals surface area contributed by atoms with Crippen LogP contribution in [0.15, 0.2) is 155 Å². The fourth-order valence-corrected chi connectivity index (χ4v) is 9.90. The van der Waals surface area contributed by atoms with Crippen molar-refractivity contribution >= 4 is 63.1 Å². The predicted octanol–water partition coefficient (Wildman–Crippen LogP) is 9.82. The molecule has 2 atom stereocenters. The molecule has 2 amide bonds. The fraction of sp³-hybridized carbons (Fsp3) is 0.305. The van der Waals surface area contributed by atoms with Crippen molar-refractivity contribution in [3.8, 4) is 28.7 Å². The topological polar surface area (TPSA) is 146 Å². The van der Waals surface area contributed by atoms with Gasteiger partial charge in [-0.1, -0.05) is 77.8 Å². The van der Waals surface area contributed by atoms with Crippen molar-refractivity contribution in [1.82, 2.24) is 29.2 Å². The molecule has 0 radical (unpaired) electrons. The SMILES string of the molecule is CC(C)Oc1ccccc1N1Cc2ccccc2N=C1C(C)N1CCN(C(=O)COc2ccc(Cl)cc2)CC1.CC(c1nc2ccccc2c(=O)n1-c1ccccc1O)N1CCN(C(=O)COc2ccc(Cl)cc2)CC1. The van der Waals surface area contributed by atoms with Gasteiger partial charge in [-0.15, -0.1) is 0 Å². The van der Waals surface area contributed by atoms with Gasteiger partial charge >= 0.3 is 0 Å². The molecule has 7 aromatic rings. The number of halogens is 2. The minimum Gasteiger partial charge on any atom is -0.506 e. The molecule has 1 N–H and O–H groups in total. The predicted molar refractivity (Wildman–Crippen MR) is 299 cm³/mol. The molecule has 1 aromatic heterocycles. The molecule has 0 bridgehead atoms. The second-order valence-electron chi connectivity index (χ2n) is 19.1. The summed E-state index contributed by atoms with van der Waals surface area (Å²) < 4.78 is 19.0. The van der Waals surface area contributed by atoms with Crippen molar-refractivity contribution < 1.29 is 28.9 Å². The van der Waals surface area contributed by atoms with E-state index in [1.807, 2.05) is 62.1 Å². The van der Waals surface area contributed by atoms with Crippen LogP contribution in [0, 0.1) is 0 Å². The number of piperazine rings is 2. The Morgan fingerprint density at radius 2 is 1.12 bits per heavy atom. The van der Waals surface area contributed by atoms with E-state index in [2.05, 4.69) is 45.9 Å². The van der Waals surface area contributed by atoms with E-state index in [9.17, 15) is 19.5 Å². The van der Waals surface area contributed by atoms with Gasteiger partial charge in [-0.25, -0.2) is 9.98 Å². The van der Waals surface area contributed by atoms with Crippen LogP contribution in [0.5, 0.6) is 23.0 Å². The monoisotopic (exact) mass is 1060 g/mol. The number of benzene rings is 6. The molecule has 3 aliphatic rings. The molecule has 0 saturated carbocycles. The Bertz CT molecular complexity index is 3230. The average Bonchev–Trinajstić information content (AvgIpc) is 3.44. The zero-order valence-corrected chi connectivity index (χ0v) is 44.6. The number of para-hydroxylation sites is 6. The smallest absolute Gasteiger partial charge is 0.266 e. The van der Waals surface area contributed by atoms with Crippen molar-refractivity contribution in [2.75, 3.05) is 70.5 Å². The second kappa shape index (κ2) is 24.5. The molecule has 2 fully saturated rings. The largest absolute Gasteiger partial charge is 0.506 e. The number of aromatic hydroxyl groups is 1. The molecule has 15 nitrogen and oxygen atoms in total. The van der Waals surface area contributed by atoms with Gasteiger partial charge in [-0.3, -0.25) is 28.8 Å². The van der Waals surface area contributed by atoms with E-state index >= 15 is 0 Å². The zero-order valence-electron chi connectivity index (χ0n) is 43.1. The summed E-state index contributed by atoms with van der Waals surface area (Å²) in [6.45, 7) is 14.0. The van der Waals surface area contributed by atoms with Crippen LogP contribution < -0.4 is 24.7 Å². The maximum absolute atomic E-state index is 13.6. The molecule has 76 heavy (non-hydrogen) atoms. The summed E-state index contributed by atoms with van der Waals surface area (Å²) in [6, 6.07) is 44.2. The number of carbonyl (C=O) groups excluding carboxylic acids is 2. The molecule has 17 heteroatoms. The number of hydrogen-bond donors (Lipinski definition) is 1. The second-order valence-corrected chi connectivity index (χ2v) is 20.0. The molecule has 2 saturated heterocycles. The number of fused-ring (bicyclic) bond motifs is 2. The van der Waals surface area contributed by atoms with Crippen molar-refractivity contribution in [2.24, 2.45) is 4.99 Å². The standard InChI is InChI=1S/C31H35ClN4O3.C28H27ClN4O4/c1-22(2)39-29-11-7-6-10-28(29)36-20-24-8-4-5-9-27(24)33-31(36)23(3)34-16-18-35(19-17-34)30(37)21-38-26-14-12-25(32)13-15-26;1-19(31-14-16-32(17-15-31)26(35)18-37-21-12-10-20(29)11-13-21)27-30-23-7-3-2-6-22(23)28(36)33(27)24-8-4-5-9-25(24)34/h4-15,22-23H,16-21H2,1-3H3;2-13,19,34H,14-18H2,1H3. The van der Waals surface area contributed by atoms with Crippen LogP contribution in [0.2, 0.25) is 10.0 Å². The number of hydrogen-bond acceptors (Lipinski definition) is 12. The van der Waals surface area contributed by atoms with Crippen molar-refractivity contribution in [2.45, 2.75) is 52.4 Å². The quantitative estimate of drug-likeness (QED) is 0.111. The van der Waals surface area contributed by atoms with Crippen LogP contribution in [0.1, 0.15) is 45.1 Å². The van der Waals surface area contributed by atoms with Gasteiger partial charge in [-0.2, -0.15) is 0 Å². The molecular weight excluding hydrogens is 1000 g/mol. The van der Waals surface area contributed by atoms with Crippen molar-refractivity contribution in [3.05, 3.63) is 177 Å². The first-order chi connectivity index (χ1) is 36.8. The molecule has 6 aromatic carbocycles. The third-order valence-corrected chi connectivity index (χ3v) is 14.3. The number of phenols is 1. The number of aliphatic imine (C=N–C) groups is 1. The lowest BCUT2D eigenvalue weighted by Gasteiger charge is -2.42. The Morgan fingerprint density at radius 3 is 1.71 bits per heavy atom. The molecule has 0 spiro atoms. The maximum Gasteiger partial charge on any atom is 0.266 e. The summed E-state index contributed by atoms with van der Waals surface area (Å²) in [6.07, 6.45) is 0.0651. The van der Waals surface area contributed by atoms with E-state index in [1.54, 1.807) is 89.8 Å². The molecule has 10 rings (SSSR count). The van der Waals surface area contributed by atoms with Crippen LogP contribution in [0.4, 0.5) is 11.4 Å². The van der Waals surface area contributed by atoms with Crippen LogP contribution in [0.3, 0.4) is 0 Å². The first kappa shape index (κ1) is 53.4. The number of anilines is 1. The van der Waals surface area contributed by atoms with E-state index in [0.29, 0.717) is 83.2 Å². The van der Waals surface area contributed by atoms with Crippen molar-refractivity contribution in [1.29, 1.82) is 0 Å². The van der Waals surface area contributed by atoms with Gasteiger partial charge in [0, 0.05) is 62.4 Å². The first-order valence-corrected chi connectivity index (χ1v) is 26.4. The third kappa shape index (κ3) is 12.6. The van der Waals surface area contributed by atoms with E-state index in [0.717, 1.165) is 42.6 Å². The molecule has 4 heterocycles. The molecular formula is C59H62Cl2N8O7. The summed E-state index contributed by atoms with van der Waals surface area (Å²) >= 11 is 11.8. The first-order valence-electron chi connectivity index (χ1n) is 25.6. The van der Waals surface area contributed by atoms with Gasteiger partial charge in [0.05, 0.1) is 52.7 Å². The molecule has 0 aliphatic carbocycles. The highest BCUT2D eigenvalue weighted by atomic mass is 35.5. The number of rotatable bonds is 14. The minimum absolute atomic E-state index is 0.00577. The Kier molecular flexibility index (Phi) is 17.2. The average molecular weight is 1070 g/mol. The highest BCUT2D eigenvalue weighted by Crippen LogP contribution is 2.37. The van der Waals surface area contributed by atoms with Crippen LogP contribution in [-0.2, 0) is 16.1 Å². The van der Waals surface area contributed by atoms with E-state index in [4.69, 9.17) is 47.4 Å². The van der Waals surface area contributed by atoms with E-state index in [1.165, 1.54) is 10.1 Å². The highest BCUT2D eigenvalue weighted by Gasteiger charge is 2.34. The fourth-order valence-electron chi connectivity index (χ4n) is 9.64. The summed E-state index contributed by atoms with van der Waals surface area (Å²) in [5.74, 6) is 3.51. The Hall–Kier alpha value is -7.43. The molecule has 2 unspecified atom stereocenters. The number of carbonyl (C=O) groups is 2.